The lowest BCUT2D eigenvalue weighted by Crippen LogP contribution is -2.14. The molecule has 2 aromatic carbocycles. The van der Waals surface area contributed by atoms with Gasteiger partial charge in [0.1, 0.15) is 5.82 Å². The van der Waals surface area contributed by atoms with Crippen molar-refractivity contribution in [3.05, 3.63) is 75.3 Å². The minimum atomic E-state index is -0.345. The van der Waals surface area contributed by atoms with Gasteiger partial charge in [0.25, 0.3) is 0 Å². The molecule has 0 unspecified atom stereocenters. The van der Waals surface area contributed by atoms with Crippen LogP contribution in [0.2, 0.25) is 0 Å². The number of benzene rings is 2. The Balaban J connectivity index is 2.00. The molecule has 0 amide bonds. The zero-order chi connectivity index (χ0) is 17.8. The Bertz CT molecular complexity index is 985. The summed E-state index contributed by atoms with van der Waals surface area (Å²) in [6.45, 7) is 3.45. The second-order valence-electron chi connectivity index (χ2n) is 5.39. The third kappa shape index (κ3) is 4.13. The van der Waals surface area contributed by atoms with E-state index in [1.54, 1.807) is 18.3 Å². The summed E-state index contributed by atoms with van der Waals surface area (Å²) >= 11 is 1.13. The molecule has 0 spiro atoms. The number of ketones is 1. The number of carbonyl (C=O) groups is 1. The topological polar surface area (TPSA) is 59.6 Å². The Labute approximate surface area is 147 Å². The maximum atomic E-state index is 13.1. The third-order valence-electron chi connectivity index (χ3n) is 3.36. The molecule has 1 heterocycles. The highest BCUT2D eigenvalue weighted by Crippen LogP contribution is 2.09. The van der Waals surface area contributed by atoms with Crippen molar-refractivity contribution in [2.75, 3.05) is 0 Å². The van der Waals surface area contributed by atoms with E-state index < -0.39 is 0 Å². The first-order chi connectivity index (χ1) is 12.0. The van der Waals surface area contributed by atoms with E-state index in [1.165, 1.54) is 23.7 Å². The molecule has 0 aliphatic carbocycles. The Morgan fingerprint density at radius 2 is 1.84 bits per heavy atom. The fraction of sp³-hybridized carbons (Fsp3) is 0.111. The highest BCUT2D eigenvalue weighted by molar-refractivity contribution is 7.10. The van der Waals surface area contributed by atoms with E-state index >= 15 is 0 Å². The summed E-state index contributed by atoms with van der Waals surface area (Å²) in [5.74, 6) is -0.507. The molecule has 7 heteroatoms. The van der Waals surface area contributed by atoms with Gasteiger partial charge in [0.2, 0.25) is 4.80 Å². The second-order valence-corrected chi connectivity index (χ2v) is 6.35. The van der Waals surface area contributed by atoms with Gasteiger partial charge in [0, 0.05) is 6.92 Å². The van der Waals surface area contributed by atoms with Crippen LogP contribution in [0.25, 0.3) is 5.69 Å². The number of nitrogens with zero attached hydrogens (tertiary/aromatic N) is 4. The average Bonchev–Trinajstić information content (AvgIpc) is 3.02. The predicted octanol–water partition coefficient (Wildman–Crippen LogP) is 3.52. The molecule has 3 rings (SSSR count). The zero-order valence-electron chi connectivity index (χ0n) is 13.7. The number of carbonyl (C=O) groups excluding carboxylic acids is 1. The van der Waals surface area contributed by atoms with Crippen LogP contribution in [-0.4, -0.2) is 21.8 Å². The van der Waals surface area contributed by atoms with Crippen LogP contribution in [0, 0.1) is 12.7 Å². The van der Waals surface area contributed by atoms with Crippen molar-refractivity contribution in [3.63, 3.8) is 0 Å². The lowest BCUT2D eigenvalue weighted by atomic mass is 10.2. The summed E-state index contributed by atoms with van der Waals surface area (Å²) in [5.41, 5.74) is 2.69. The SMILES string of the molecule is CC(=O)c1nn(-c2ccc(F)cc2)/c(=N\N=C/c2ccc(C)cc2)s1. The van der Waals surface area contributed by atoms with Gasteiger partial charge in [-0.3, -0.25) is 4.79 Å². The van der Waals surface area contributed by atoms with Gasteiger partial charge in [0.05, 0.1) is 11.9 Å². The van der Waals surface area contributed by atoms with Gasteiger partial charge in [-0.1, -0.05) is 41.2 Å². The lowest BCUT2D eigenvalue weighted by molar-refractivity contribution is 0.101. The van der Waals surface area contributed by atoms with Crippen LogP contribution >= 0.6 is 11.3 Å². The van der Waals surface area contributed by atoms with Crippen molar-refractivity contribution in [2.45, 2.75) is 13.8 Å². The maximum absolute atomic E-state index is 13.1. The summed E-state index contributed by atoms with van der Waals surface area (Å²) in [7, 11) is 0. The van der Waals surface area contributed by atoms with Crippen LogP contribution in [-0.2, 0) is 0 Å². The van der Waals surface area contributed by atoms with Gasteiger partial charge >= 0.3 is 0 Å². The minimum Gasteiger partial charge on any atom is -0.292 e. The van der Waals surface area contributed by atoms with Crippen LogP contribution in [0.1, 0.15) is 27.9 Å². The van der Waals surface area contributed by atoms with Crippen LogP contribution in [0.15, 0.2) is 58.7 Å². The lowest BCUT2D eigenvalue weighted by Gasteiger charge is -1.99. The Hall–Kier alpha value is -2.93. The molecule has 3 aromatic rings. The van der Waals surface area contributed by atoms with E-state index in [9.17, 15) is 9.18 Å². The van der Waals surface area contributed by atoms with E-state index in [0.29, 0.717) is 15.5 Å². The average molecular weight is 354 g/mol. The highest BCUT2D eigenvalue weighted by atomic mass is 32.1. The molecule has 0 atom stereocenters. The molecular weight excluding hydrogens is 339 g/mol. The Kier molecular flexibility index (Phi) is 4.95. The quantitative estimate of drug-likeness (QED) is 0.409. The van der Waals surface area contributed by atoms with Crippen molar-refractivity contribution < 1.29 is 9.18 Å². The van der Waals surface area contributed by atoms with Crippen molar-refractivity contribution in [1.82, 2.24) is 9.78 Å². The first kappa shape index (κ1) is 16.9. The van der Waals surface area contributed by atoms with Crippen molar-refractivity contribution in [3.8, 4) is 5.69 Å². The maximum Gasteiger partial charge on any atom is 0.233 e. The number of Topliss-reactive ketones (excluding diaryl/α,β-unsaturated/α-hetero) is 1. The standard InChI is InChI=1S/C18H15FN4OS/c1-12-3-5-14(6-4-12)11-20-21-18-23(22-17(25-18)13(2)24)16-9-7-15(19)8-10-16/h3-11H,1-2H3/b20-11-,21-18+. The number of halogens is 1. The molecule has 0 aliphatic heterocycles. The van der Waals surface area contributed by atoms with E-state index in [2.05, 4.69) is 15.3 Å². The fourth-order valence-electron chi connectivity index (χ4n) is 2.04. The minimum absolute atomic E-state index is 0.162. The molecule has 0 aliphatic rings. The number of rotatable bonds is 4. The number of aromatic nitrogens is 2. The third-order valence-corrected chi connectivity index (χ3v) is 4.36. The van der Waals surface area contributed by atoms with E-state index in [4.69, 9.17) is 0 Å². The molecule has 0 saturated heterocycles. The normalized spacial score (nSPS) is 12.0. The Morgan fingerprint density at radius 3 is 2.48 bits per heavy atom. The molecule has 1 aromatic heterocycles. The molecule has 0 saturated carbocycles. The molecule has 126 valence electrons. The van der Waals surface area contributed by atoms with Crippen LogP contribution in [0.5, 0.6) is 0 Å². The van der Waals surface area contributed by atoms with Gasteiger partial charge in [0.15, 0.2) is 10.8 Å². The molecule has 0 fully saturated rings. The summed E-state index contributed by atoms with van der Waals surface area (Å²) in [5, 5.41) is 12.8. The van der Waals surface area contributed by atoms with Gasteiger partial charge in [-0.25, -0.2) is 9.07 Å². The van der Waals surface area contributed by atoms with Crippen LogP contribution in [0.4, 0.5) is 4.39 Å². The fourth-order valence-corrected chi connectivity index (χ4v) is 2.80. The van der Waals surface area contributed by atoms with Crippen LogP contribution < -0.4 is 4.80 Å². The van der Waals surface area contributed by atoms with Crippen molar-refractivity contribution >= 4 is 23.3 Å². The zero-order valence-corrected chi connectivity index (χ0v) is 14.5. The van der Waals surface area contributed by atoms with Gasteiger partial charge in [-0.05, 0) is 36.8 Å². The smallest absolute Gasteiger partial charge is 0.233 e. The summed E-state index contributed by atoms with van der Waals surface area (Å²) in [4.78, 5) is 12.0. The number of hydrogen-bond acceptors (Lipinski definition) is 5. The molecule has 25 heavy (non-hydrogen) atoms. The monoisotopic (exact) mass is 354 g/mol. The van der Waals surface area contributed by atoms with E-state index in [-0.39, 0.29) is 11.6 Å². The van der Waals surface area contributed by atoms with E-state index in [1.807, 2.05) is 31.2 Å². The first-order valence-electron chi connectivity index (χ1n) is 7.54. The van der Waals surface area contributed by atoms with Gasteiger partial charge < -0.3 is 0 Å². The molecule has 0 bridgehead atoms. The molecule has 5 nitrogen and oxygen atoms in total. The number of aryl methyl sites for hydroxylation is 1. The highest BCUT2D eigenvalue weighted by Gasteiger charge is 2.10. The molecule has 0 N–H and O–H groups in total. The first-order valence-corrected chi connectivity index (χ1v) is 8.35. The second kappa shape index (κ2) is 7.31. The molecule has 0 radical (unpaired) electrons. The summed E-state index contributed by atoms with van der Waals surface area (Å²) in [6.07, 6.45) is 1.63. The Morgan fingerprint density at radius 1 is 1.16 bits per heavy atom. The van der Waals surface area contributed by atoms with Gasteiger partial charge in [-0.2, -0.15) is 10.2 Å². The largest absolute Gasteiger partial charge is 0.292 e. The number of hydrogen-bond donors (Lipinski definition) is 0. The van der Waals surface area contributed by atoms with Crippen LogP contribution in [0.3, 0.4) is 0 Å². The van der Waals surface area contributed by atoms with E-state index in [0.717, 1.165) is 22.5 Å². The van der Waals surface area contributed by atoms with Crippen molar-refractivity contribution in [2.24, 2.45) is 10.2 Å². The van der Waals surface area contributed by atoms with Gasteiger partial charge in [-0.15, -0.1) is 5.10 Å². The summed E-state index contributed by atoms with van der Waals surface area (Å²) in [6, 6.07) is 13.7. The van der Waals surface area contributed by atoms with Crippen molar-refractivity contribution in [1.29, 1.82) is 0 Å². The predicted molar refractivity (Wildman–Crippen MR) is 95.7 cm³/mol. The summed E-state index contributed by atoms with van der Waals surface area (Å²) < 4.78 is 14.6. The molecular formula is C18H15FN4OS.